The van der Waals surface area contributed by atoms with Crippen LogP contribution in [0.2, 0.25) is 10.0 Å². The molecule has 0 aliphatic heterocycles. The van der Waals surface area contributed by atoms with Gasteiger partial charge in [0.15, 0.2) is 0 Å². The van der Waals surface area contributed by atoms with E-state index in [2.05, 4.69) is 10.4 Å². The lowest BCUT2D eigenvalue weighted by atomic mass is 10.2. The molecule has 0 atom stereocenters. The van der Waals surface area contributed by atoms with E-state index in [0.717, 1.165) is 9.87 Å². The molecule has 0 saturated carbocycles. The molecular formula is C19H18Cl2N4O3S. The summed E-state index contributed by atoms with van der Waals surface area (Å²) in [5.41, 5.74) is 1.12. The molecule has 1 N–H and O–H groups in total. The van der Waals surface area contributed by atoms with E-state index < -0.39 is 15.9 Å². The Morgan fingerprint density at radius 1 is 1.10 bits per heavy atom. The molecule has 7 nitrogen and oxygen atoms in total. The second-order valence-corrected chi connectivity index (χ2v) is 9.35. The maximum absolute atomic E-state index is 12.7. The smallest absolute Gasteiger partial charge is 0.256 e. The summed E-state index contributed by atoms with van der Waals surface area (Å²) < 4.78 is 27.5. The average Bonchev–Trinajstić information content (AvgIpc) is 3.10. The van der Waals surface area contributed by atoms with E-state index in [-0.39, 0.29) is 15.5 Å². The number of carbonyl (C=O) groups excluding carboxylic acids is 1. The van der Waals surface area contributed by atoms with Crippen LogP contribution in [0.1, 0.15) is 15.9 Å². The molecule has 0 spiro atoms. The van der Waals surface area contributed by atoms with Gasteiger partial charge in [-0.15, -0.1) is 0 Å². The molecule has 1 heterocycles. The van der Waals surface area contributed by atoms with Crippen LogP contribution < -0.4 is 5.32 Å². The Morgan fingerprint density at radius 3 is 2.45 bits per heavy atom. The fourth-order valence-corrected chi connectivity index (χ4v) is 4.07. The van der Waals surface area contributed by atoms with E-state index in [0.29, 0.717) is 17.4 Å². The van der Waals surface area contributed by atoms with Gasteiger partial charge in [-0.05, 0) is 35.9 Å². The van der Waals surface area contributed by atoms with Crippen LogP contribution in [0.5, 0.6) is 0 Å². The third-order valence-corrected chi connectivity index (χ3v) is 6.70. The molecule has 0 aliphatic carbocycles. The van der Waals surface area contributed by atoms with Gasteiger partial charge in [0.2, 0.25) is 10.0 Å². The standard InChI is InChI=1S/C19H18Cl2N4O3S/c1-24(2)29(27,28)17-11-14(5-8-16(17)21)19(26)23-18-9-10-22-25(18)12-13-3-6-15(20)7-4-13/h3-11H,12H2,1-2H3,(H,23,26). The van der Waals surface area contributed by atoms with Crippen LogP contribution in [0.4, 0.5) is 5.82 Å². The summed E-state index contributed by atoms with van der Waals surface area (Å²) in [5.74, 6) is -0.00774. The van der Waals surface area contributed by atoms with Gasteiger partial charge < -0.3 is 5.32 Å². The molecule has 152 valence electrons. The zero-order valence-electron chi connectivity index (χ0n) is 15.6. The quantitative estimate of drug-likeness (QED) is 0.617. The Balaban J connectivity index is 1.83. The Kier molecular flexibility index (Phi) is 6.28. The van der Waals surface area contributed by atoms with Gasteiger partial charge >= 0.3 is 0 Å². The monoisotopic (exact) mass is 452 g/mol. The molecule has 0 aliphatic rings. The second-order valence-electron chi connectivity index (χ2n) is 6.39. The number of hydrogen-bond acceptors (Lipinski definition) is 4. The van der Waals surface area contributed by atoms with Gasteiger partial charge in [0, 0.05) is 30.7 Å². The van der Waals surface area contributed by atoms with E-state index in [4.69, 9.17) is 23.2 Å². The number of rotatable bonds is 6. The molecule has 0 fully saturated rings. The average molecular weight is 453 g/mol. The van der Waals surface area contributed by atoms with Crippen molar-refractivity contribution in [2.45, 2.75) is 11.4 Å². The highest BCUT2D eigenvalue weighted by Crippen LogP contribution is 2.25. The van der Waals surface area contributed by atoms with Gasteiger partial charge in [0.25, 0.3) is 5.91 Å². The third kappa shape index (κ3) is 4.79. The Hall–Kier alpha value is -2.39. The molecule has 10 heteroatoms. The van der Waals surface area contributed by atoms with E-state index in [1.54, 1.807) is 29.1 Å². The van der Waals surface area contributed by atoms with Crippen molar-refractivity contribution >= 4 is 45.0 Å². The largest absolute Gasteiger partial charge is 0.307 e. The maximum Gasteiger partial charge on any atom is 0.256 e. The van der Waals surface area contributed by atoms with Crippen molar-refractivity contribution in [3.05, 3.63) is 75.9 Å². The summed E-state index contributed by atoms with van der Waals surface area (Å²) in [5, 5.41) is 7.65. The predicted molar refractivity (Wildman–Crippen MR) is 113 cm³/mol. The van der Waals surface area contributed by atoms with Crippen LogP contribution in [0.25, 0.3) is 0 Å². The van der Waals surface area contributed by atoms with Gasteiger partial charge in [-0.3, -0.25) is 4.79 Å². The lowest BCUT2D eigenvalue weighted by Gasteiger charge is -2.14. The molecule has 0 saturated heterocycles. The van der Waals surface area contributed by atoms with Crippen LogP contribution in [-0.4, -0.2) is 42.5 Å². The summed E-state index contributed by atoms with van der Waals surface area (Å²) in [6.07, 6.45) is 1.56. The Labute approximate surface area is 178 Å². The fraction of sp³-hybridized carbons (Fsp3) is 0.158. The topological polar surface area (TPSA) is 84.3 Å². The first kappa shape index (κ1) is 21.3. The number of benzene rings is 2. The molecular weight excluding hydrogens is 435 g/mol. The third-order valence-electron chi connectivity index (χ3n) is 4.16. The highest BCUT2D eigenvalue weighted by molar-refractivity contribution is 7.89. The molecule has 1 amide bonds. The number of amides is 1. The highest BCUT2D eigenvalue weighted by atomic mass is 35.5. The van der Waals surface area contributed by atoms with Crippen molar-refractivity contribution in [3.8, 4) is 0 Å². The first-order chi connectivity index (χ1) is 13.7. The van der Waals surface area contributed by atoms with E-state index in [1.165, 1.54) is 32.3 Å². The van der Waals surface area contributed by atoms with Crippen LogP contribution >= 0.6 is 23.2 Å². The molecule has 3 rings (SSSR count). The molecule has 29 heavy (non-hydrogen) atoms. The first-order valence-electron chi connectivity index (χ1n) is 8.48. The number of halogens is 2. The Bertz CT molecular complexity index is 1140. The minimum absolute atomic E-state index is 0.0445. The predicted octanol–water partition coefficient (Wildman–Crippen LogP) is 3.74. The van der Waals surface area contributed by atoms with Crippen molar-refractivity contribution in [2.24, 2.45) is 0 Å². The van der Waals surface area contributed by atoms with E-state index >= 15 is 0 Å². The molecule has 0 unspecified atom stereocenters. The number of nitrogens with zero attached hydrogens (tertiary/aromatic N) is 3. The molecule has 1 aromatic heterocycles. The number of aromatic nitrogens is 2. The summed E-state index contributed by atoms with van der Waals surface area (Å²) in [6.45, 7) is 0.431. The van der Waals surface area contributed by atoms with Crippen LogP contribution in [0, 0.1) is 0 Å². The maximum atomic E-state index is 12.7. The molecule has 0 radical (unpaired) electrons. The minimum Gasteiger partial charge on any atom is -0.307 e. The van der Waals surface area contributed by atoms with Crippen molar-refractivity contribution in [3.63, 3.8) is 0 Å². The van der Waals surface area contributed by atoms with Crippen molar-refractivity contribution in [1.82, 2.24) is 14.1 Å². The Morgan fingerprint density at radius 2 is 1.79 bits per heavy atom. The zero-order chi connectivity index (χ0) is 21.2. The van der Waals surface area contributed by atoms with Crippen molar-refractivity contribution < 1.29 is 13.2 Å². The van der Waals surface area contributed by atoms with Crippen LogP contribution in [0.15, 0.2) is 59.6 Å². The molecule has 0 bridgehead atoms. The van der Waals surface area contributed by atoms with Gasteiger partial charge in [-0.25, -0.2) is 17.4 Å². The number of anilines is 1. The molecule has 2 aromatic carbocycles. The lowest BCUT2D eigenvalue weighted by Crippen LogP contribution is -2.23. The summed E-state index contributed by atoms with van der Waals surface area (Å²) in [4.78, 5) is 12.6. The fourth-order valence-electron chi connectivity index (χ4n) is 2.56. The number of sulfonamides is 1. The van der Waals surface area contributed by atoms with E-state index in [9.17, 15) is 13.2 Å². The van der Waals surface area contributed by atoms with Gasteiger partial charge in [-0.1, -0.05) is 35.3 Å². The van der Waals surface area contributed by atoms with Gasteiger partial charge in [-0.2, -0.15) is 5.10 Å². The van der Waals surface area contributed by atoms with Crippen molar-refractivity contribution in [2.75, 3.05) is 19.4 Å². The zero-order valence-corrected chi connectivity index (χ0v) is 18.0. The number of hydrogen-bond donors (Lipinski definition) is 1. The summed E-state index contributed by atoms with van der Waals surface area (Å²) >= 11 is 11.9. The van der Waals surface area contributed by atoms with Crippen molar-refractivity contribution in [1.29, 1.82) is 0 Å². The SMILES string of the molecule is CN(C)S(=O)(=O)c1cc(C(=O)Nc2ccnn2Cc2ccc(Cl)cc2)ccc1Cl. The number of nitrogens with one attached hydrogen (secondary N) is 1. The number of carbonyl (C=O) groups is 1. The summed E-state index contributed by atoms with van der Waals surface area (Å²) in [6, 6.07) is 13.1. The second kappa shape index (κ2) is 8.54. The minimum atomic E-state index is -3.78. The van der Waals surface area contributed by atoms with E-state index in [1.807, 2.05) is 12.1 Å². The first-order valence-corrected chi connectivity index (χ1v) is 10.7. The normalized spacial score (nSPS) is 11.6. The highest BCUT2D eigenvalue weighted by Gasteiger charge is 2.22. The van der Waals surface area contributed by atoms with Gasteiger partial charge in [0.1, 0.15) is 10.7 Å². The lowest BCUT2D eigenvalue weighted by molar-refractivity contribution is 0.102. The van der Waals surface area contributed by atoms with Gasteiger partial charge in [0.05, 0.1) is 17.8 Å². The summed E-state index contributed by atoms with van der Waals surface area (Å²) in [7, 11) is -0.992. The van der Waals surface area contributed by atoms with Crippen LogP contribution in [-0.2, 0) is 16.6 Å². The molecule has 3 aromatic rings. The van der Waals surface area contributed by atoms with Crippen LogP contribution in [0.3, 0.4) is 0 Å².